The summed E-state index contributed by atoms with van der Waals surface area (Å²) in [7, 11) is 0. The van der Waals surface area contributed by atoms with Crippen LogP contribution in [0.25, 0.3) is 22.2 Å². The first-order chi connectivity index (χ1) is 12.7. The van der Waals surface area contributed by atoms with Gasteiger partial charge in [0.25, 0.3) is 0 Å². The van der Waals surface area contributed by atoms with Crippen LogP contribution in [0.3, 0.4) is 0 Å². The zero-order valence-corrected chi connectivity index (χ0v) is 19.9. The van der Waals surface area contributed by atoms with Crippen molar-refractivity contribution in [1.29, 1.82) is 0 Å². The molecule has 2 atom stereocenters. The second kappa shape index (κ2) is 10.8. The maximum Gasteiger partial charge on any atom is 0.0600 e. The summed E-state index contributed by atoms with van der Waals surface area (Å²) in [5, 5.41) is 18.4. The van der Waals surface area contributed by atoms with Gasteiger partial charge in [-0.05, 0) is 63.9 Å². The van der Waals surface area contributed by atoms with Crippen molar-refractivity contribution >= 4 is 10.9 Å². The topological polar surface area (TPSA) is 53.4 Å². The molecule has 2 N–H and O–H groups in total. The Bertz CT molecular complexity index is 914. The molecule has 0 bridgehead atoms. The smallest absolute Gasteiger partial charge is 0.0600 e. The van der Waals surface area contributed by atoms with E-state index in [4.69, 9.17) is 15.2 Å². The van der Waals surface area contributed by atoms with Gasteiger partial charge in [-0.25, -0.2) is 0 Å². The first kappa shape index (κ1) is 24.5. The maximum atomic E-state index is 8.56. The van der Waals surface area contributed by atoms with Crippen molar-refractivity contribution in [2.24, 2.45) is 0 Å². The van der Waals surface area contributed by atoms with Crippen molar-refractivity contribution < 1.29 is 30.3 Å². The van der Waals surface area contributed by atoms with Gasteiger partial charge in [0.15, 0.2) is 0 Å². The minimum atomic E-state index is -0.375. The van der Waals surface area contributed by atoms with Gasteiger partial charge in [-0.3, -0.25) is 4.98 Å². The largest absolute Gasteiger partial charge is 0.393 e. The number of aliphatic hydroxyl groups excluding tert-OH is 2. The summed E-state index contributed by atoms with van der Waals surface area (Å²) < 4.78 is 0. The molecule has 1 aromatic heterocycles. The maximum absolute atomic E-state index is 8.56. The van der Waals surface area contributed by atoms with E-state index >= 15 is 0 Å². The molecule has 0 fully saturated rings. The predicted molar refractivity (Wildman–Crippen MR) is 113 cm³/mol. The molecule has 0 aliphatic heterocycles. The van der Waals surface area contributed by atoms with Crippen molar-refractivity contribution in [3.63, 3.8) is 0 Å². The van der Waals surface area contributed by atoms with Crippen LogP contribution in [0.2, 0.25) is 0 Å². The van der Waals surface area contributed by atoms with Gasteiger partial charge in [0, 0.05) is 25.5 Å². The Balaban J connectivity index is 0.000000425. The van der Waals surface area contributed by atoms with Gasteiger partial charge in [-0.2, -0.15) is 0 Å². The van der Waals surface area contributed by atoms with E-state index < -0.39 is 0 Å². The molecule has 4 heteroatoms. The SMILES string of the molecule is CC(O)CC(C)O.Cc1cc[c-]c(-c2nc3cc(C)cc(C)c3cc2C)c1.[Ir]. The van der Waals surface area contributed by atoms with Gasteiger partial charge in [-0.15, -0.1) is 35.4 Å². The predicted octanol–water partition coefficient (Wildman–Crippen LogP) is 5.07. The molecule has 153 valence electrons. The van der Waals surface area contributed by atoms with E-state index in [-0.39, 0.29) is 32.3 Å². The van der Waals surface area contributed by atoms with E-state index in [1.54, 1.807) is 13.8 Å². The van der Waals surface area contributed by atoms with Gasteiger partial charge in [-0.1, -0.05) is 24.6 Å². The fraction of sp³-hybridized carbons (Fsp3) is 0.375. The van der Waals surface area contributed by atoms with E-state index in [1.165, 1.54) is 27.6 Å². The number of hydrogen-bond acceptors (Lipinski definition) is 3. The quantitative estimate of drug-likeness (QED) is 0.443. The van der Waals surface area contributed by atoms with E-state index in [1.807, 2.05) is 6.07 Å². The molecular formula is C24H30IrNO2-. The molecular weight excluding hydrogens is 526 g/mol. The fourth-order valence-corrected chi connectivity index (χ4v) is 3.21. The third-order valence-electron chi connectivity index (χ3n) is 4.37. The first-order valence-electron chi connectivity index (χ1n) is 9.40. The monoisotopic (exact) mass is 557 g/mol. The van der Waals surface area contributed by atoms with Gasteiger partial charge >= 0.3 is 0 Å². The van der Waals surface area contributed by atoms with Crippen LogP contribution in [0.5, 0.6) is 0 Å². The van der Waals surface area contributed by atoms with Gasteiger partial charge in [0.05, 0.1) is 17.7 Å². The number of aliphatic hydroxyl groups is 2. The minimum absolute atomic E-state index is 0. The summed E-state index contributed by atoms with van der Waals surface area (Å²) in [5.41, 5.74) is 8.15. The summed E-state index contributed by atoms with van der Waals surface area (Å²) in [4.78, 5) is 4.88. The molecule has 0 saturated carbocycles. The van der Waals surface area contributed by atoms with Crippen LogP contribution in [-0.4, -0.2) is 27.4 Å². The van der Waals surface area contributed by atoms with E-state index in [9.17, 15) is 0 Å². The normalized spacial score (nSPS) is 12.6. The van der Waals surface area contributed by atoms with Gasteiger partial charge in [0.2, 0.25) is 0 Å². The van der Waals surface area contributed by atoms with E-state index in [2.05, 4.69) is 64.1 Å². The summed E-state index contributed by atoms with van der Waals surface area (Å²) in [5.74, 6) is 0. The Labute approximate surface area is 182 Å². The molecule has 3 nitrogen and oxygen atoms in total. The number of aryl methyl sites for hydroxylation is 4. The second-order valence-electron chi connectivity index (χ2n) is 7.52. The molecule has 0 aliphatic rings. The average Bonchev–Trinajstić information content (AvgIpc) is 2.54. The van der Waals surface area contributed by atoms with Crippen LogP contribution in [0.4, 0.5) is 0 Å². The Morgan fingerprint density at radius 3 is 2.07 bits per heavy atom. The van der Waals surface area contributed by atoms with Crippen LogP contribution < -0.4 is 0 Å². The molecule has 3 aromatic rings. The molecule has 2 aromatic carbocycles. The summed E-state index contributed by atoms with van der Waals surface area (Å²) in [6, 6.07) is 16.1. The summed E-state index contributed by atoms with van der Waals surface area (Å²) >= 11 is 0. The van der Waals surface area contributed by atoms with Crippen LogP contribution in [0.15, 0.2) is 36.4 Å². The van der Waals surface area contributed by atoms with Crippen LogP contribution in [0.1, 0.15) is 42.5 Å². The van der Waals surface area contributed by atoms with Crippen molar-refractivity contribution in [2.75, 3.05) is 0 Å². The molecule has 3 rings (SSSR count). The molecule has 28 heavy (non-hydrogen) atoms. The molecule has 0 amide bonds. The number of nitrogens with zero attached hydrogens (tertiary/aromatic N) is 1. The molecule has 1 radical (unpaired) electrons. The van der Waals surface area contributed by atoms with Crippen molar-refractivity contribution in [1.82, 2.24) is 4.98 Å². The van der Waals surface area contributed by atoms with Gasteiger partial charge in [0.1, 0.15) is 0 Å². The number of hydrogen-bond donors (Lipinski definition) is 2. The second-order valence-corrected chi connectivity index (χ2v) is 7.52. The molecule has 1 heterocycles. The number of benzene rings is 2. The van der Waals surface area contributed by atoms with Crippen LogP contribution in [-0.2, 0) is 20.1 Å². The van der Waals surface area contributed by atoms with E-state index in [0.717, 1.165) is 16.8 Å². The van der Waals surface area contributed by atoms with Gasteiger partial charge < -0.3 is 10.2 Å². The number of rotatable bonds is 3. The van der Waals surface area contributed by atoms with Crippen molar-refractivity contribution in [2.45, 2.75) is 60.2 Å². The average molecular weight is 557 g/mol. The van der Waals surface area contributed by atoms with Crippen LogP contribution >= 0.6 is 0 Å². The van der Waals surface area contributed by atoms with Crippen molar-refractivity contribution in [3.8, 4) is 11.3 Å². The van der Waals surface area contributed by atoms with Crippen molar-refractivity contribution in [3.05, 3.63) is 64.7 Å². The third kappa shape index (κ3) is 6.79. The first-order valence-corrected chi connectivity index (χ1v) is 9.40. The fourth-order valence-electron chi connectivity index (χ4n) is 3.21. The van der Waals surface area contributed by atoms with E-state index in [0.29, 0.717) is 6.42 Å². The zero-order chi connectivity index (χ0) is 20.1. The number of pyridine rings is 1. The summed E-state index contributed by atoms with van der Waals surface area (Å²) in [6.07, 6.45) is -0.278. The number of fused-ring (bicyclic) bond motifs is 1. The standard InChI is InChI=1S/C19H18N.C5H12O2.Ir/c1-12-6-5-7-16(9-12)19-15(4)11-17-14(3)8-13(2)10-18(17)20-19;1-4(6)3-5(2)7;/h5-6,8-11H,1-4H3;4-7H,3H2,1-2H3;/q-1;;. The van der Waals surface area contributed by atoms with Crippen LogP contribution in [0, 0.1) is 33.8 Å². The third-order valence-corrected chi connectivity index (χ3v) is 4.37. The Kier molecular flexibility index (Phi) is 9.46. The Morgan fingerprint density at radius 1 is 0.893 bits per heavy atom. The summed E-state index contributed by atoms with van der Waals surface area (Å²) in [6.45, 7) is 11.8. The zero-order valence-electron chi connectivity index (χ0n) is 17.5. The molecule has 0 spiro atoms. The molecule has 0 saturated heterocycles. The Morgan fingerprint density at radius 2 is 1.54 bits per heavy atom. The molecule has 0 aliphatic carbocycles. The minimum Gasteiger partial charge on any atom is -0.393 e. The Hall–Kier alpha value is -1.58. The molecule has 2 unspecified atom stereocenters. The number of aromatic nitrogens is 1.